The van der Waals surface area contributed by atoms with Crippen LogP contribution in [0.4, 0.5) is 0 Å². The fourth-order valence-electron chi connectivity index (χ4n) is 3.31. The molecule has 0 aromatic heterocycles. The highest BCUT2D eigenvalue weighted by molar-refractivity contribution is 5.31. The van der Waals surface area contributed by atoms with Crippen molar-refractivity contribution in [3.05, 3.63) is 29.8 Å². The molecule has 1 fully saturated rings. The predicted octanol–water partition coefficient (Wildman–Crippen LogP) is 4.36. The van der Waals surface area contributed by atoms with Crippen molar-refractivity contribution in [3.63, 3.8) is 0 Å². The van der Waals surface area contributed by atoms with E-state index in [0.29, 0.717) is 5.92 Å². The zero-order valence-electron chi connectivity index (χ0n) is 13.2. The van der Waals surface area contributed by atoms with E-state index in [2.05, 4.69) is 50.4 Å². The largest absolute Gasteiger partial charge is 0.491 e. The molecule has 0 spiro atoms. The van der Waals surface area contributed by atoms with Crippen molar-refractivity contribution in [2.24, 2.45) is 5.92 Å². The first-order valence-corrected chi connectivity index (χ1v) is 8.18. The average molecular weight is 275 g/mol. The Morgan fingerprint density at radius 1 is 1.25 bits per heavy atom. The van der Waals surface area contributed by atoms with E-state index >= 15 is 0 Å². The Hall–Kier alpha value is -1.02. The molecule has 2 nitrogen and oxygen atoms in total. The molecular formula is C18H29NO. The molecule has 1 aliphatic carbocycles. The molecule has 1 aliphatic rings. The molecule has 2 unspecified atom stereocenters. The Kier molecular flexibility index (Phi) is 5.90. The van der Waals surface area contributed by atoms with E-state index in [9.17, 15) is 0 Å². The maximum absolute atomic E-state index is 5.85. The predicted molar refractivity (Wildman–Crippen MR) is 85.4 cm³/mol. The van der Waals surface area contributed by atoms with Crippen LogP contribution in [0.15, 0.2) is 24.3 Å². The van der Waals surface area contributed by atoms with E-state index in [1.165, 1.54) is 31.2 Å². The second-order valence-corrected chi connectivity index (χ2v) is 6.20. The quantitative estimate of drug-likeness (QED) is 0.833. The molecular weight excluding hydrogens is 246 g/mol. The van der Waals surface area contributed by atoms with Crippen LogP contribution in [0.5, 0.6) is 5.75 Å². The average Bonchev–Trinajstić information content (AvgIpc) is 2.45. The van der Waals surface area contributed by atoms with E-state index in [-0.39, 0.29) is 6.10 Å². The highest BCUT2D eigenvalue weighted by Gasteiger charge is 2.26. The molecule has 2 heteroatoms. The van der Waals surface area contributed by atoms with Crippen molar-refractivity contribution in [1.29, 1.82) is 0 Å². The molecule has 2 rings (SSSR count). The molecule has 1 N–H and O–H groups in total. The van der Waals surface area contributed by atoms with Gasteiger partial charge in [-0.15, -0.1) is 0 Å². The number of ether oxygens (including phenoxy) is 1. The van der Waals surface area contributed by atoms with Gasteiger partial charge in [0.1, 0.15) is 5.75 Å². The lowest BCUT2D eigenvalue weighted by Gasteiger charge is -2.32. The topological polar surface area (TPSA) is 21.3 Å². The number of nitrogens with one attached hydrogen (secondary N) is 1. The van der Waals surface area contributed by atoms with E-state index in [1.54, 1.807) is 0 Å². The van der Waals surface area contributed by atoms with Crippen LogP contribution < -0.4 is 10.1 Å². The van der Waals surface area contributed by atoms with Crippen LogP contribution in [0.25, 0.3) is 0 Å². The highest BCUT2D eigenvalue weighted by Crippen LogP contribution is 2.38. The first kappa shape index (κ1) is 15.4. The second kappa shape index (κ2) is 7.68. The first-order chi connectivity index (χ1) is 9.70. The van der Waals surface area contributed by atoms with Gasteiger partial charge < -0.3 is 10.1 Å². The molecule has 0 radical (unpaired) electrons. The standard InChI is InChI=1S/C18H29NO/c1-4-19-13-16-8-5-6-11-18(16)15-9-7-10-17(12-15)20-14(2)3/h7,9-10,12,14,16,18-19H,4-6,8,11,13H2,1-3H3. The van der Waals surface area contributed by atoms with E-state index in [0.717, 1.165) is 24.8 Å². The Labute approximate surface area is 123 Å². The van der Waals surface area contributed by atoms with Crippen molar-refractivity contribution < 1.29 is 4.74 Å². The van der Waals surface area contributed by atoms with E-state index < -0.39 is 0 Å². The Balaban J connectivity index is 2.10. The third-order valence-electron chi connectivity index (χ3n) is 4.22. The van der Waals surface area contributed by atoms with Crippen LogP contribution in [-0.4, -0.2) is 19.2 Å². The normalized spacial score (nSPS) is 23.0. The lowest BCUT2D eigenvalue weighted by atomic mass is 9.75. The van der Waals surface area contributed by atoms with Gasteiger partial charge in [-0.05, 0) is 69.3 Å². The van der Waals surface area contributed by atoms with Crippen LogP contribution in [0.1, 0.15) is 57.9 Å². The molecule has 1 aromatic rings. The minimum Gasteiger partial charge on any atom is -0.491 e. The number of hydrogen-bond donors (Lipinski definition) is 1. The first-order valence-electron chi connectivity index (χ1n) is 8.18. The summed E-state index contributed by atoms with van der Waals surface area (Å²) in [6.07, 6.45) is 5.67. The fraction of sp³-hybridized carbons (Fsp3) is 0.667. The molecule has 0 heterocycles. The SMILES string of the molecule is CCNCC1CCCCC1c1cccc(OC(C)C)c1. The van der Waals surface area contributed by atoms with Crippen molar-refractivity contribution in [2.45, 2.75) is 58.5 Å². The van der Waals surface area contributed by atoms with Crippen LogP contribution in [-0.2, 0) is 0 Å². The van der Waals surface area contributed by atoms with E-state index in [4.69, 9.17) is 4.74 Å². The van der Waals surface area contributed by atoms with Crippen LogP contribution in [0.3, 0.4) is 0 Å². The summed E-state index contributed by atoms with van der Waals surface area (Å²) in [5, 5.41) is 3.53. The summed E-state index contributed by atoms with van der Waals surface area (Å²) >= 11 is 0. The van der Waals surface area contributed by atoms with Crippen LogP contribution in [0, 0.1) is 5.92 Å². The second-order valence-electron chi connectivity index (χ2n) is 6.20. The summed E-state index contributed by atoms with van der Waals surface area (Å²) in [7, 11) is 0. The number of rotatable bonds is 6. The molecule has 2 atom stereocenters. The van der Waals surface area contributed by atoms with Gasteiger partial charge in [0.05, 0.1) is 6.10 Å². The van der Waals surface area contributed by atoms with Gasteiger partial charge in [-0.1, -0.05) is 31.9 Å². The van der Waals surface area contributed by atoms with E-state index in [1.807, 2.05) is 0 Å². The zero-order valence-corrected chi connectivity index (χ0v) is 13.2. The van der Waals surface area contributed by atoms with Gasteiger partial charge in [-0.2, -0.15) is 0 Å². The van der Waals surface area contributed by atoms with Gasteiger partial charge >= 0.3 is 0 Å². The fourth-order valence-corrected chi connectivity index (χ4v) is 3.31. The van der Waals surface area contributed by atoms with Crippen molar-refractivity contribution >= 4 is 0 Å². The molecule has 0 bridgehead atoms. The van der Waals surface area contributed by atoms with Crippen molar-refractivity contribution in [2.75, 3.05) is 13.1 Å². The Bertz CT molecular complexity index is 402. The summed E-state index contributed by atoms with van der Waals surface area (Å²) < 4.78 is 5.85. The third kappa shape index (κ3) is 4.24. The monoisotopic (exact) mass is 275 g/mol. The maximum Gasteiger partial charge on any atom is 0.119 e. The molecule has 0 aliphatic heterocycles. The maximum atomic E-state index is 5.85. The summed E-state index contributed by atoms with van der Waals surface area (Å²) in [6.45, 7) is 8.58. The Morgan fingerprint density at radius 3 is 2.80 bits per heavy atom. The number of benzene rings is 1. The highest BCUT2D eigenvalue weighted by atomic mass is 16.5. The molecule has 0 saturated heterocycles. The molecule has 0 amide bonds. The zero-order chi connectivity index (χ0) is 14.4. The summed E-state index contributed by atoms with van der Waals surface area (Å²) in [5.74, 6) is 2.49. The molecule has 20 heavy (non-hydrogen) atoms. The van der Waals surface area contributed by atoms with Gasteiger partial charge in [0, 0.05) is 0 Å². The van der Waals surface area contributed by atoms with Gasteiger partial charge in [-0.25, -0.2) is 0 Å². The Morgan fingerprint density at radius 2 is 2.05 bits per heavy atom. The molecule has 1 saturated carbocycles. The molecule has 1 aromatic carbocycles. The van der Waals surface area contributed by atoms with Gasteiger partial charge in [0.2, 0.25) is 0 Å². The lowest BCUT2D eigenvalue weighted by Crippen LogP contribution is -2.29. The summed E-state index contributed by atoms with van der Waals surface area (Å²) in [6, 6.07) is 8.76. The van der Waals surface area contributed by atoms with Crippen LogP contribution in [0.2, 0.25) is 0 Å². The van der Waals surface area contributed by atoms with Crippen LogP contribution >= 0.6 is 0 Å². The minimum atomic E-state index is 0.245. The summed E-state index contributed by atoms with van der Waals surface area (Å²) in [4.78, 5) is 0. The van der Waals surface area contributed by atoms with Gasteiger partial charge in [-0.3, -0.25) is 0 Å². The minimum absolute atomic E-state index is 0.245. The van der Waals surface area contributed by atoms with Gasteiger partial charge in [0.25, 0.3) is 0 Å². The number of hydrogen-bond acceptors (Lipinski definition) is 2. The van der Waals surface area contributed by atoms with Gasteiger partial charge in [0.15, 0.2) is 0 Å². The lowest BCUT2D eigenvalue weighted by molar-refractivity contribution is 0.241. The van der Waals surface area contributed by atoms with Crippen molar-refractivity contribution in [3.8, 4) is 5.75 Å². The third-order valence-corrected chi connectivity index (χ3v) is 4.22. The smallest absolute Gasteiger partial charge is 0.119 e. The summed E-state index contributed by atoms with van der Waals surface area (Å²) in [5.41, 5.74) is 1.46. The van der Waals surface area contributed by atoms with Crippen molar-refractivity contribution in [1.82, 2.24) is 5.32 Å². The molecule has 112 valence electrons.